The van der Waals surface area contributed by atoms with Crippen LogP contribution in [0.1, 0.15) is 12.8 Å². The van der Waals surface area contributed by atoms with E-state index in [-0.39, 0.29) is 32.0 Å². The Morgan fingerprint density at radius 2 is 1.57 bits per heavy atom. The van der Waals surface area contributed by atoms with Gasteiger partial charge in [0.2, 0.25) is 20.0 Å². The molecular formula is C13H18F2N2O4S2. The van der Waals surface area contributed by atoms with Crippen LogP contribution < -0.4 is 0 Å². The first-order valence-electron chi connectivity index (χ1n) is 6.92. The van der Waals surface area contributed by atoms with Gasteiger partial charge in [-0.15, -0.1) is 0 Å². The largest absolute Gasteiger partial charge is 0.248 e. The van der Waals surface area contributed by atoms with Gasteiger partial charge in [-0.25, -0.2) is 29.9 Å². The van der Waals surface area contributed by atoms with Crippen LogP contribution in [0.5, 0.6) is 0 Å². The first-order valence-corrected chi connectivity index (χ1v) is 10.2. The van der Waals surface area contributed by atoms with Gasteiger partial charge in [0.15, 0.2) is 4.90 Å². The van der Waals surface area contributed by atoms with Crippen molar-refractivity contribution >= 4 is 20.0 Å². The highest BCUT2D eigenvalue weighted by Gasteiger charge is 2.35. The lowest BCUT2D eigenvalue weighted by atomic mass is 10.1. The molecule has 6 nitrogen and oxygen atoms in total. The van der Waals surface area contributed by atoms with Crippen LogP contribution in [-0.4, -0.2) is 57.9 Å². The molecule has 1 aromatic carbocycles. The zero-order valence-electron chi connectivity index (χ0n) is 12.7. The summed E-state index contributed by atoms with van der Waals surface area (Å²) in [5.74, 6) is -2.28. The van der Waals surface area contributed by atoms with Crippen molar-refractivity contribution < 1.29 is 25.6 Å². The fourth-order valence-corrected chi connectivity index (χ4v) is 4.91. The van der Waals surface area contributed by atoms with E-state index < -0.39 is 36.6 Å². The molecule has 0 aromatic heterocycles. The number of hydrogen-bond donors (Lipinski definition) is 0. The lowest BCUT2D eigenvalue weighted by Crippen LogP contribution is -2.47. The van der Waals surface area contributed by atoms with Gasteiger partial charge in [0.1, 0.15) is 11.6 Å². The summed E-state index contributed by atoms with van der Waals surface area (Å²) < 4.78 is 77.5. The molecule has 0 aliphatic carbocycles. The van der Waals surface area contributed by atoms with Crippen molar-refractivity contribution in [1.82, 2.24) is 8.61 Å². The van der Waals surface area contributed by atoms with Gasteiger partial charge in [-0.2, -0.15) is 4.31 Å². The van der Waals surface area contributed by atoms with Crippen molar-refractivity contribution in [1.29, 1.82) is 0 Å². The monoisotopic (exact) mass is 368 g/mol. The molecule has 0 radical (unpaired) electrons. The zero-order valence-corrected chi connectivity index (χ0v) is 14.4. The SMILES string of the molecule is CN(C1CCN(S(=O)(=O)c2c(F)cccc2F)CC1)S(C)(=O)=O. The molecular weight excluding hydrogens is 350 g/mol. The Balaban J connectivity index is 2.20. The summed E-state index contributed by atoms with van der Waals surface area (Å²) in [5, 5.41) is 0. The Bertz CT molecular complexity index is 768. The van der Waals surface area contributed by atoms with Gasteiger partial charge < -0.3 is 0 Å². The number of rotatable bonds is 4. The van der Waals surface area contributed by atoms with Crippen molar-refractivity contribution in [3.63, 3.8) is 0 Å². The van der Waals surface area contributed by atoms with Crippen molar-refractivity contribution in [3.05, 3.63) is 29.8 Å². The minimum atomic E-state index is -4.29. The third kappa shape index (κ3) is 3.70. The standard InChI is InChI=1S/C13H18F2N2O4S2/c1-16(22(2,18)19)10-6-8-17(9-7-10)23(20,21)13-11(14)4-3-5-12(13)15/h3-5,10H,6-9H2,1-2H3. The van der Waals surface area contributed by atoms with Gasteiger partial charge in [0.05, 0.1) is 6.26 Å². The van der Waals surface area contributed by atoms with E-state index in [1.165, 1.54) is 11.4 Å². The topological polar surface area (TPSA) is 74.8 Å². The van der Waals surface area contributed by atoms with Gasteiger partial charge in [-0.05, 0) is 25.0 Å². The minimum Gasteiger partial charge on any atom is -0.213 e. The Hall–Kier alpha value is -1.10. The van der Waals surface area contributed by atoms with E-state index in [1.54, 1.807) is 0 Å². The molecule has 0 N–H and O–H groups in total. The Morgan fingerprint density at radius 1 is 1.09 bits per heavy atom. The van der Waals surface area contributed by atoms with E-state index in [9.17, 15) is 25.6 Å². The minimum absolute atomic E-state index is 0.000629. The summed E-state index contributed by atoms with van der Waals surface area (Å²) in [5.41, 5.74) is 0. The molecule has 1 aromatic rings. The number of benzene rings is 1. The molecule has 1 saturated heterocycles. The lowest BCUT2D eigenvalue weighted by Gasteiger charge is -2.35. The quantitative estimate of drug-likeness (QED) is 0.795. The summed E-state index contributed by atoms with van der Waals surface area (Å²) in [6.45, 7) is 0.00126. The molecule has 1 heterocycles. The second-order valence-electron chi connectivity index (χ2n) is 5.47. The van der Waals surface area contributed by atoms with Crippen molar-refractivity contribution in [2.24, 2.45) is 0 Å². The van der Waals surface area contributed by atoms with Crippen molar-refractivity contribution in [3.8, 4) is 0 Å². The number of nitrogens with zero attached hydrogens (tertiary/aromatic N) is 2. The maximum atomic E-state index is 13.7. The highest BCUT2D eigenvalue weighted by molar-refractivity contribution is 7.89. The highest BCUT2D eigenvalue weighted by Crippen LogP contribution is 2.26. The molecule has 2 rings (SSSR count). The van der Waals surface area contributed by atoms with E-state index in [2.05, 4.69) is 0 Å². The molecule has 1 aliphatic heterocycles. The van der Waals surface area contributed by atoms with Crippen LogP contribution in [0, 0.1) is 11.6 Å². The fraction of sp³-hybridized carbons (Fsp3) is 0.538. The molecule has 10 heteroatoms. The molecule has 1 fully saturated rings. The van der Waals surface area contributed by atoms with Crippen LogP contribution in [0.3, 0.4) is 0 Å². The van der Waals surface area contributed by atoms with Crippen LogP contribution in [0.4, 0.5) is 8.78 Å². The third-order valence-electron chi connectivity index (χ3n) is 3.98. The number of piperidine rings is 1. The lowest BCUT2D eigenvalue weighted by molar-refractivity contribution is 0.238. The average molecular weight is 368 g/mol. The number of hydrogen-bond acceptors (Lipinski definition) is 4. The molecule has 0 amide bonds. The van der Waals surface area contributed by atoms with E-state index in [4.69, 9.17) is 0 Å². The summed E-state index contributed by atoms with van der Waals surface area (Å²) in [4.78, 5) is -0.963. The normalized spacial score (nSPS) is 18.5. The Labute approximate surface area is 134 Å². The fourth-order valence-electron chi connectivity index (χ4n) is 2.57. The zero-order chi connectivity index (χ0) is 17.4. The first kappa shape index (κ1) is 18.2. The van der Waals surface area contributed by atoms with Crippen LogP contribution in [0.2, 0.25) is 0 Å². The van der Waals surface area contributed by atoms with Gasteiger partial charge in [-0.1, -0.05) is 6.07 Å². The van der Waals surface area contributed by atoms with Gasteiger partial charge in [0.25, 0.3) is 0 Å². The highest BCUT2D eigenvalue weighted by atomic mass is 32.2. The molecule has 0 saturated carbocycles. The van der Waals surface area contributed by atoms with E-state index in [1.807, 2.05) is 0 Å². The maximum Gasteiger partial charge on any atom is 0.248 e. The summed E-state index contributed by atoms with van der Waals surface area (Å²) in [7, 11) is -6.24. The Kier molecular flexibility index (Phi) is 5.09. The second-order valence-corrected chi connectivity index (χ2v) is 9.38. The second kappa shape index (κ2) is 6.42. The molecule has 0 atom stereocenters. The van der Waals surface area contributed by atoms with Gasteiger partial charge in [-0.3, -0.25) is 0 Å². The summed E-state index contributed by atoms with van der Waals surface area (Å²) in [6.07, 6.45) is 1.60. The van der Waals surface area contributed by atoms with Crippen LogP contribution in [-0.2, 0) is 20.0 Å². The van der Waals surface area contributed by atoms with Gasteiger partial charge >= 0.3 is 0 Å². The summed E-state index contributed by atoms with van der Waals surface area (Å²) >= 11 is 0. The number of sulfonamides is 2. The van der Waals surface area contributed by atoms with Crippen LogP contribution in [0.25, 0.3) is 0 Å². The van der Waals surface area contributed by atoms with Crippen LogP contribution in [0.15, 0.2) is 23.1 Å². The average Bonchev–Trinajstić information content (AvgIpc) is 2.45. The van der Waals surface area contributed by atoms with E-state index in [0.29, 0.717) is 0 Å². The predicted molar refractivity (Wildman–Crippen MR) is 80.7 cm³/mol. The van der Waals surface area contributed by atoms with Gasteiger partial charge in [0, 0.05) is 26.2 Å². The molecule has 0 unspecified atom stereocenters. The Morgan fingerprint density at radius 3 is 2.00 bits per heavy atom. The first-order chi connectivity index (χ1) is 10.5. The molecule has 0 bridgehead atoms. The summed E-state index contributed by atoms with van der Waals surface area (Å²) in [6, 6.07) is 2.54. The number of halogens is 2. The van der Waals surface area contributed by atoms with E-state index >= 15 is 0 Å². The van der Waals surface area contributed by atoms with Crippen molar-refractivity contribution in [2.75, 3.05) is 26.4 Å². The molecule has 1 aliphatic rings. The maximum absolute atomic E-state index is 13.7. The third-order valence-corrected chi connectivity index (χ3v) is 7.27. The molecule has 23 heavy (non-hydrogen) atoms. The molecule has 130 valence electrons. The smallest absolute Gasteiger partial charge is 0.213 e. The van der Waals surface area contributed by atoms with E-state index in [0.717, 1.165) is 28.8 Å². The van der Waals surface area contributed by atoms with Crippen LogP contribution >= 0.6 is 0 Å². The van der Waals surface area contributed by atoms with Crippen molar-refractivity contribution in [2.45, 2.75) is 23.8 Å². The predicted octanol–water partition coefficient (Wildman–Crippen LogP) is 1.01. The molecule has 0 spiro atoms.